The van der Waals surface area contributed by atoms with E-state index < -0.39 is 0 Å². The van der Waals surface area contributed by atoms with Gasteiger partial charge in [0.1, 0.15) is 5.78 Å². The van der Waals surface area contributed by atoms with Gasteiger partial charge in [0.25, 0.3) is 5.91 Å². The summed E-state index contributed by atoms with van der Waals surface area (Å²) in [5.41, 5.74) is 0.411. The second kappa shape index (κ2) is 7.41. The minimum atomic E-state index is -0.336. The number of ketones is 2. The average Bonchev–Trinajstić information content (AvgIpc) is 2.42. The van der Waals surface area contributed by atoms with Gasteiger partial charge in [-0.3, -0.25) is 19.4 Å². The lowest BCUT2D eigenvalue weighted by atomic mass is 10.0. The number of hydrogen-bond donors (Lipinski definition) is 1. The summed E-state index contributed by atoms with van der Waals surface area (Å²) in [6, 6.07) is 3.27. The molecular weight excluding hydrogens is 244 g/mol. The third kappa shape index (κ3) is 5.42. The zero-order chi connectivity index (χ0) is 14.3. The van der Waals surface area contributed by atoms with Crippen LogP contribution in [0.5, 0.6) is 0 Å². The van der Waals surface area contributed by atoms with E-state index in [0.717, 1.165) is 0 Å². The molecule has 5 nitrogen and oxygen atoms in total. The molecule has 1 rings (SSSR count). The molecule has 0 aromatic carbocycles. The molecule has 0 fully saturated rings. The van der Waals surface area contributed by atoms with Gasteiger partial charge in [0.05, 0.1) is 12.1 Å². The van der Waals surface area contributed by atoms with Gasteiger partial charge < -0.3 is 5.32 Å². The Labute approximate surface area is 112 Å². The van der Waals surface area contributed by atoms with Crippen LogP contribution in [0.15, 0.2) is 24.5 Å². The van der Waals surface area contributed by atoms with Gasteiger partial charge in [-0.2, -0.15) is 0 Å². The number of nitrogens with one attached hydrogen (secondary N) is 1. The first kappa shape index (κ1) is 15.0. The van der Waals surface area contributed by atoms with E-state index in [-0.39, 0.29) is 42.8 Å². The zero-order valence-corrected chi connectivity index (χ0v) is 11.2. The number of rotatable bonds is 7. The largest absolute Gasteiger partial charge is 0.345 e. The van der Waals surface area contributed by atoms with Crippen LogP contribution in [-0.2, 0) is 9.59 Å². The third-order valence-electron chi connectivity index (χ3n) is 2.66. The molecule has 0 saturated heterocycles. The van der Waals surface area contributed by atoms with Crippen molar-refractivity contribution in [3.63, 3.8) is 0 Å². The number of hydrogen-bond acceptors (Lipinski definition) is 4. The summed E-state index contributed by atoms with van der Waals surface area (Å²) in [5, 5.41) is 2.51. The molecule has 0 radical (unpaired) electrons. The van der Waals surface area contributed by atoms with Crippen molar-refractivity contribution in [1.29, 1.82) is 0 Å². The summed E-state index contributed by atoms with van der Waals surface area (Å²) in [5.74, 6) is -0.479. The van der Waals surface area contributed by atoms with Crippen molar-refractivity contribution in [3.8, 4) is 0 Å². The second-order valence-corrected chi connectivity index (χ2v) is 4.58. The normalized spacial score (nSPS) is 10.3. The van der Waals surface area contributed by atoms with Crippen LogP contribution in [0, 0.1) is 5.92 Å². The number of amides is 1. The Morgan fingerprint density at radius 1 is 1.26 bits per heavy atom. The molecule has 1 heterocycles. The SMILES string of the molecule is CC(C)C(=O)CCC(=O)CNC(=O)c1cccnc1. The van der Waals surface area contributed by atoms with Crippen molar-refractivity contribution in [1.82, 2.24) is 10.3 Å². The summed E-state index contributed by atoms with van der Waals surface area (Å²) >= 11 is 0. The highest BCUT2D eigenvalue weighted by molar-refractivity contribution is 5.97. The average molecular weight is 262 g/mol. The number of carbonyl (C=O) groups is 3. The lowest BCUT2D eigenvalue weighted by Gasteiger charge is -2.05. The van der Waals surface area contributed by atoms with Crippen molar-refractivity contribution in [2.45, 2.75) is 26.7 Å². The van der Waals surface area contributed by atoms with Crippen molar-refractivity contribution in [3.05, 3.63) is 30.1 Å². The predicted octanol–water partition coefficient (Wildman–Crippen LogP) is 1.39. The lowest BCUT2D eigenvalue weighted by molar-refractivity contribution is -0.125. The predicted molar refractivity (Wildman–Crippen MR) is 70.7 cm³/mol. The van der Waals surface area contributed by atoms with Gasteiger partial charge in [0, 0.05) is 31.2 Å². The van der Waals surface area contributed by atoms with Crippen molar-refractivity contribution in [2.75, 3.05) is 6.54 Å². The first-order valence-corrected chi connectivity index (χ1v) is 6.23. The van der Waals surface area contributed by atoms with E-state index in [1.165, 1.54) is 6.20 Å². The smallest absolute Gasteiger partial charge is 0.253 e. The topological polar surface area (TPSA) is 76.1 Å². The summed E-state index contributed by atoms with van der Waals surface area (Å²) in [6.07, 6.45) is 3.41. The summed E-state index contributed by atoms with van der Waals surface area (Å²) in [7, 11) is 0. The van der Waals surface area contributed by atoms with Crippen LogP contribution in [0.4, 0.5) is 0 Å². The first-order chi connectivity index (χ1) is 9.00. The summed E-state index contributed by atoms with van der Waals surface area (Å²) in [4.78, 5) is 38.3. The molecule has 0 spiro atoms. The maximum absolute atomic E-state index is 11.6. The Morgan fingerprint density at radius 2 is 2.00 bits per heavy atom. The van der Waals surface area contributed by atoms with Crippen LogP contribution in [0.2, 0.25) is 0 Å². The Balaban J connectivity index is 2.31. The lowest BCUT2D eigenvalue weighted by Crippen LogP contribution is -2.29. The van der Waals surface area contributed by atoms with Gasteiger partial charge in [0.2, 0.25) is 0 Å². The fraction of sp³-hybridized carbons (Fsp3) is 0.429. The van der Waals surface area contributed by atoms with Crippen LogP contribution in [0.3, 0.4) is 0 Å². The van der Waals surface area contributed by atoms with E-state index in [1.54, 1.807) is 32.2 Å². The fourth-order valence-corrected chi connectivity index (χ4v) is 1.42. The van der Waals surface area contributed by atoms with Gasteiger partial charge in [-0.15, -0.1) is 0 Å². The number of pyridine rings is 1. The zero-order valence-electron chi connectivity index (χ0n) is 11.2. The van der Waals surface area contributed by atoms with Gasteiger partial charge >= 0.3 is 0 Å². The van der Waals surface area contributed by atoms with E-state index in [2.05, 4.69) is 10.3 Å². The van der Waals surface area contributed by atoms with Crippen molar-refractivity contribution in [2.24, 2.45) is 5.92 Å². The molecule has 1 aromatic heterocycles. The molecule has 1 aromatic rings. The third-order valence-corrected chi connectivity index (χ3v) is 2.66. The number of aromatic nitrogens is 1. The Morgan fingerprint density at radius 3 is 2.58 bits per heavy atom. The molecule has 1 amide bonds. The van der Waals surface area contributed by atoms with Crippen LogP contribution >= 0.6 is 0 Å². The quantitative estimate of drug-likeness (QED) is 0.805. The van der Waals surface area contributed by atoms with Crippen LogP contribution < -0.4 is 5.32 Å². The Bertz CT molecular complexity index is 455. The minimum absolute atomic E-state index is 0.0564. The molecule has 0 aliphatic carbocycles. The van der Waals surface area contributed by atoms with Gasteiger partial charge in [-0.25, -0.2) is 0 Å². The highest BCUT2D eigenvalue weighted by atomic mass is 16.2. The molecule has 0 aliphatic heterocycles. The number of nitrogens with zero attached hydrogens (tertiary/aromatic N) is 1. The van der Waals surface area contributed by atoms with E-state index in [1.807, 2.05) is 0 Å². The molecule has 102 valence electrons. The molecular formula is C14H18N2O3. The number of Topliss-reactive ketones (excluding diaryl/α,β-unsaturated/α-hetero) is 2. The molecule has 1 N–H and O–H groups in total. The van der Waals surface area contributed by atoms with Crippen molar-refractivity contribution < 1.29 is 14.4 Å². The van der Waals surface area contributed by atoms with E-state index >= 15 is 0 Å². The minimum Gasteiger partial charge on any atom is -0.345 e. The Kier molecular flexibility index (Phi) is 5.85. The second-order valence-electron chi connectivity index (χ2n) is 4.58. The molecule has 5 heteroatoms. The number of carbonyl (C=O) groups excluding carboxylic acids is 3. The van der Waals surface area contributed by atoms with Crippen LogP contribution in [-0.4, -0.2) is 29.0 Å². The molecule has 0 saturated carbocycles. The van der Waals surface area contributed by atoms with Crippen LogP contribution in [0.25, 0.3) is 0 Å². The van der Waals surface area contributed by atoms with Gasteiger partial charge in [0.15, 0.2) is 5.78 Å². The maximum atomic E-state index is 11.6. The molecule has 0 bridgehead atoms. The molecule has 0 atom stereocenters. The van der Waals surface area contributed by atoms with Crippen molar-refractivity contribution >= 4 is 17.5 Å². The molecule has 0 unspecified atom stereocenters. The highest BCUT2D eigenvalue weighted by Gasteiger charge is 2.11. The molecule has 19 heavy (non-hydrogen) atoms. The standard InChI is InChI=1S/C14H18N2O3/c1-10(2)13(18)6-5-12(17)9-16-14(19)11-4-3-7-15-8-11/h3-4,7-8,10H,5-6,9H2,1-2H3,(H,16,19). The Hall–Kier alpha value is -2.04. The summed E-state index contributed by atoms with van der Waals surface area (Å²) < 4.78 is 0. The monoisotopic (exact) mass is 262 g/mol. The first-order valence-electron chi connectivity index (χ1n) is 6.23. The van der Waals surface area contributed by atoms with E-state index in [9.17, 15) is 14.4 Å². The van der Waals surface area contributed by atoms with E-state index in [4.69, 9.17) is 0 Å². The maximum Gasteiger partial charge on any atom is 0.253 e. The fourth-order valence-electron chi connectivity index (χ4n) is 1.42. The highest BCUT2D eigenvalue weighted by Crippen LogP contribution is 2.02. The van der Waals surface area contributed by atoms with Crippen LogP contribution in [0.1, 0.15) is 37.0 Å². The summed E-state index contributed by atoms with van der Waals surface area (Å²) in [6.45, 7) is 3.55. The van der Waals surface area contributed by atoms with E-state index in [0.29, 0.717) is 5.56 Å². The van der Waals surface area contributed by atoms with Gasteiger partial charge in [-0.05, 0) is 12.1 Å². The van der Waals surface area contributed by atoms with Gasteiger partial charge in [-0.1, -0.05) is 13.8 Å². The molecule has 0 aliphatic rings.